The maximum atomic E-state index is 12.5. The Bertz CT molecular complexity index is 553. The second-order valence-corrected chi connectivity index (χ2v) is 6.81. The van der Waals surface area contributed by atoms with Gasteiger partial charge in [-0.3, -0.25) is 9.78 Å². The number of rotatable bonds is 5. The van der Waals surface area contributed by atoms with Crippen LogP contribution in [0.25, 0.3) is 0 Å². The number of carbonyl (C=O) groups is 1. The highest BCUT2D eigenvalue weighted by Crippen LogP contribution is 2.39. The molecule has 0 atom stereocenters. The Labute approximate surface area is 138 Å². The van der Waals surface area contributed by atoms with E-state index in [9.17, 15) is 4.79 Å². The molecule has 1 spiro atoms. The normalized spacial score (nSPS) is 21.3. The summed E-state index contributed by atoms with van der Waals surface area (Å²) in [6, 6.07) is 6.05. The van der Waals surface area contributed by atoms with Crippen molar-refractivity contribution in [2.45, 2.75) is 44.7 Å². The van der Waals surface area contributed by atoms with E-state index in [0.29, 0.717) is 18.9 Å². The predicted octanol–water partition coefficient (Wildman–Crippen LogP) is 1.99. The average Bonchev–Trinajstić information content (AvgIpc) is 2.84. The van der Waals surface area contributed by atoms with Gasteiger partial charge >= 0.3 is 0 Å². The molecule has 3 heterocycles. The van der Waals surface area contributed by atoms with E-state index in [2.05, 4.69) is 14.8 Å². The molecule has 23 heavy (non-hydrogen) atoms. The summed E-state index contributed by atoms with van der Waals surface area (Å²) in [5, 5.41) is 0. The first kappa shape index (κ1) is 16.4. The van der Waals surface area contributed by atoms with E-state index in [1.54, 1.807) is 7.11 Å². The van der Waals surface area contributed by atoms with Gasteiger partial charge in [-0.05, 0) is 38.3 Å². The van der Waals surface area contributed by atoms with Gasteiger partial charge in [0.25, 0.3) is 0 Å². The van der Waals surface area contributed by atoms with Crippen LogP contribution in [0.1, 0.15) is 37.1 Å². The highest BCUT2D eigenvalue weighted by molar-refractivity contribution is 5.79. The zero-order chi connectivity index (χ0) is 16.3. The summed E-state index contributed by atoms with van der Waals surface area (Å²) >= 11 is 0. The maximum Gasteiger partial charge on any atom is 0.223 e. The largest absolute Gasteiger partial charge is 0.383 e. The third kappa shape index (κ3) is 3.56. The van der Waals surface area contributed by atoms with Crippen molar-refractivity contribution in [3.05, 3.63) is 29.6 Å². The number of ether oxygens (including phenoxy) is 1. The lowest BCUT2D eigenvalue weighted by Gasteiger charge is -2.45. The van der Waals surface area contributed by atoms with Gasteiger partial charge in [0.05, 0.1) is 18.8 Å². The lowest BCUT2D eigenvalue weighted by Crippen LogP contribution is -2.53. The number of aryl methyl sites for hydroxylation is 1. The number of methoxy groups -OCH3 is 1. The quantitative estimate of drug-likeness (QED) is 0.833. The molecule has 0 unspecified atom stereocenters. The van der Waals surface area contributed by atoms with Crippen molar-refractivity contribution in [1.82, 2.24) is 14.8 Å². The number of piperidine rings is 1. The molecular formula is C18H27N3O2. The molecule has 2 saturated heterocycles. The summed E-state index contributed by atoms with van der Waals surface area (Å²) in [6.45, 7) is 6.52. The standard InChI is InChI=1S/C18H27N3O2/c1-15-4-3-5-16(19-15)14-21-17(22)6-7-18(21)8-10-20(11-9-18)12-13-23-2/h3-5H,6-14H2,1-2H3. The van der Waals surface area contributed by atoms with Gasteiger partial charge < -0.3 is 14.5 Å². The zero-order valence-electron chi connectivity index (χ0n) is 14.3. The SMILES string of the molecule is COCCN1CCC2(CCC(=O)N2Cc2cccc(C)n2)CC1. The molecule has 0 N–H and O–H groups in total. The molecule has 0 aliphatic carbocycles. The van der Waals surface area contributed by atoms with Crippen LogP contribution in [0.2, 0.25) is 0 Å². The molecule has 1 aromatic rings. The van der Waals surface area contributed by atoms with E-state index in [4.69, 9.17) is 4.74 Å². The number of hydrogen-bond donors (Lipinski definition) is 0. The molecule has 5 heteroatoms. The summed E-state index contributed by atoms with van der Waals surface area (Å²) < 4.78 is 5.18. The fourth-order valence-electron chi connectivity index (χ4n) is 3.91. The number of carbonyl (C=O) groups excluding carboxylic acids is 1. The van der Waals surface area contributed by atoms with Gasteiger partial charge in [-0.1, -0.05) is 6.07 Å². The number of pyridine rings is 1. The van der Waals surface area contributed by atoms with E-state index in [1.165, 1.54) is 0 Å². The first-order valence-corrected chi connectivity index (χ1v) is 8.57. The number of nitrogens with zero attached hydrogens (tertiary/aromatic N) is 3. The molecule has 3 rings (SSSR count). The molecule has 1 amide bonds. The second kappa shape index (κ2) is 6.97. The van der Waals surface area contributed by atoms with E-state index in [-0.39, 0.29) is 5.54 Å². The Kier molecular flexibility index (Phi) is 4.97. The minimum atomic E-state index is 0.0477. The van der Waals surface area contributed by atoms with Crippen LogP contribution in [0.4, 0.5) is 0 Å². The molecule has 2 fully saturated rings. The van der Waals surface area contributed by atoms with Crippen LogP contribution in [-0.4, -0.2) is 59.6 Å². The Balaban J connectivity index is 1.68. The molecule has 0 radical (unpaired) electrons. The number of hydrogen-bond acceptors (Lipinski definition) is 4. The Morgan fingerprint density at radius 2 is 2.04 bits per heavy atom. The van der Waals surface area contributed by atoms with Gasteiger partial charge in [0, 0.05) is 44.4 Å². The van der Waals surface area contributed by atoms with E-state index < -0.39 is 0 Å². The molecule has 2 aliphatic heterocycles. The number of likely N-dealkylation sites (tertiary alicyclic amines) is 2. The second-order valence-electron chi connectivity index (χ2n) is 6.81. The fraction of sp³-hybridized carbons (Fsp3) is 0.667. The maximum absolute atomic E-state index is 12.5. The van der Waals surface area contributed by atoms with E-state index >= 15 is 0 Å². The minimum Gasteiger partial charge on any atom is -0.383 e. The lowest BCUT2D eigenvalue weighted by atomic mass is 9.85. The van der Waals surface area contributed by atoms with Crippen LogP contribution >= 0.6 is 0 Å². The molecule has 0 saturated carbocycles. The zero-order valence-corrected chi connectivity index (χ0v) is 14.3. The highest BCUT2D eigenvalue weighted by atomic mass is 16.5. The van der Waals surface area contributed by atoms with Crippen molar-refractivity contribution in [3.8, 4) is 0 Å². The van der Waals surface area contributed by atoms with E-state index in [1.807, 2.05) is 25.1 Å². The van der Waals surface area contributed by atoms with Crippen molar-refractivity contribution in [2.24, 2.45) is 0 Å². The third-order valence-electron chi connectivity index (χ3n) is 5.34. The lowest BCUT2D eigenvalue weighted by molar-refractivity contribution is -0.133. The number of aromatic nitrogens is 1. The molecule has 2 aliphatic rings. The van der Waals surface area contributed by atoms with Crippen molar-refractivity contribution in [1.29, 1.82) is 0 Å². The fourth-order valence-corrected chi connectivity index (χ4v) is 3.91. The predicted molar refractivity (Wildman–Crippen MR) is 89.0 cm³/mol. The van der Waals surface area contributed by atoms with Gasteiger partial charge in [-0.25, -0.2) is 0 Å². The van der Waals surface area contributed by atoms with Crippen molar-refractivity contribution < 1.29 is 9.53 Å². The molecule has 0 aromatic carbocycles. The Hall–Kier alpha value is -1.46. The van der Waals surface area contributed by atoms with Crippen LogP contribution in [-0.2, 0) is 16.1 Å². The van der Waals surface area contributed by atoms with Crippen molar-refractivity contribution in [3.63, 3.8) is 0 Å². The number of amides is 1. The molecular weight excluding hydrogens is 290 g/mol. The first-order valence-electron chi connectivity index (χ1n) is 8.57. The summed E-state index contributed by atoms with van der Waals surface area (Å²) in [7, 11) is 1.75. The average molecular weight is 317 g/mol. The van der Waals surface area contributed by atoms with Crippen molar-refractivity contribution in [2.75, 3.05) is 33.4 Å². The molecule has 126 valence electrons. The van der Waals surface area contributed by atoms with E-state index in [0.717, 1.165) is 56.9 Å². The highest BCUT2D eigenvalue weighted by Gasteiger charge is 2.46. The topological polar surface area (TPSA) is 45.7 Å². The smallest absolute Gasteiger partial charge is 0.223 e. The van der Waals surface area contributed by atoms with Gasteiger partial charge in [-0.15, -0.1) is 0 Å². The summed E-state index contributed by atoms with van der Waals surface area (Å²) in [4.78, 5) is 21.6. The van der Waals surface area contributed by atoms with Gasteiger partial charge in [-0.2, -0.15) is 0 Å². The Morgan fingerprint density at radius 3 is 2.74 bits per heavy atom. The Morgan fingerprint density at radius 1 is 1.26 bits per heavy atom. The third-order valence-corrected chi connectivity index (χ3v) is 5.34. The van der Waals surface area contributed by atoms with Gasteiger partial charge in [0.1, 0.15) is 0 Å². The van der Waals surface area contributed by atoms with Crippen LogP contribution in [0.15, 0.2) is 18.2 Å². The molecule has 5 nitrogen and oxygen atoms in total. The van der Waals surface area contributed by atoms with Crippen LogP contribution < -0.4 is 0 Å². The summed E-state index contributed by atoms with van der Waals surface area (Å²) in [5.41, 5.74) is 2.06. The summed E-state index contributed by atoms with van der Waals surface area (Å²) in [5.74, 6) is 0.290. The molecule has 1 aromatic heterocycles. The van der Waals surface area contributed by atoms with Crippen LogP contribution in [0.5, 0.6) is 0 Å². The van der Waals surface area contributed by atoms with Gasteiger partial charge in [0.15, 0.2) is 0 Å². The molecule has 0 bridgehead atoms. The van der Waals surface area contributed by atoms with Gasteiger partial charge in [0.2, 0.25) is 5.91 Å². The summed E-state index contributed by atoms with van der Waals surface area (Å²) in [6.07, 6.45) is 3.81. The van der Waals surface area contributed by atoms with Crippen LogP contribution in [0, 0.1) is 6.92 Å². The first-order chi connectivity index (χ1) is 11.1. The monoisotopic (exact) mass is 317 g/mol. The van der Waals surface area contributed by atoms with Crippen molar-refractivity contribution >= 4 is 5.91 Å². The minimum absolute atomic E-state index is 0.0477. The van der Waals surface area contributed by atoms with Crippen LogP contribution in [0.3, 0.4) is 0 Å².